The van der Waals surface area contributed by atoms with Gasteiger partial charge in [-0.15, -0.1) is 21.9 Å². The summed E-state index contributed by atoms with van der Waals surface area (Å²) >= 11 is 4.01. The van der Waals surface area contributed by atoms with Crippen molar-refractivity contribution in [2.75, 3.05) is 0 Å². The molecule has 0 radical (unpaired) electrons. The normalized spacial score (nSPS) is 11.1. The van der Waals surface area contributed by atoms with Crippen molar-refractivity contribution in [3.8, 4) is 11.5 Å². The first-order chi connectivity index (χ1) is 7.88. The van der Waals surface area contributed by atoms with Gasteiger partial charge in [-0.3, -0.25) is 0 Å². The fourth-order valence-electron chi connectivity index (χ4n) is 1.60. The van der Waals surface area contributed by atoms with Crippen molar-refractivity contribution in [1.82, 2.24) is 15.2 Å². The molecule has 0 saturated heterocycles. The Morgan fingerprint density at radius 3 is 2.94 bits per heavy atom. The molecule has 0 unspecified atom stereocenters. The van der Waals surface area contributed by atoms with E-state index in [1.54, 1.807) is 0 Å². The lowest BCUT2D eigenvalue weighted by molar-refractivity contribution is 0.468. The molecular weight excluding hydrogens is 242 g/mol. The highest BCUT2D eigenvalue weighted by Gasteiger charge is 2.12. The van der Waals surface area contributed by atoms with Gasteiger partial charge in [-0.25, -0.2) is 0 Å². The molecule has 2 heterocycles. The van der Waals surface area contributed by atoms with Gasteiger partial charge in [0.1, 0.15) is 0 Å². The lowest BCUT2D eigenvalue weighted by atomic mass is 10.2. The lowest BCUT2D eigenvalue weighted by Crippen LogP contribution is -1.74. The number of hydrogen-bond acceptors (Lipinski definition) is 5. The summed E-state index contributed by atoms with van der Waals surface area (Å²) < 4.78 is 5.43. The highest BCUT2D eigenvalue weighted by atomic mass is 33.1. The second-order valence-electron chi connectivity index (χ2n) is 3.21. The summed E-state index contributed by atoms with van der Waals surface area (Å²) in [5.41, 5.74) is 1.97. The number of para-hydroxylation sites is 1. The van der Waals surface area contributed by atoms with E-state index in [1.165, 1.54) is 0 Å². The third-order valence-electron chi connectivity index (χ3n) is 2.30. The smallest absolute Gasteiger partial charge is 0.287 e. The minimum absolute atomic E-state index is 0.448. The van der Waals surface area contributed by atoms with E-state index in [2.05, 4.69) is 26.8 Å². The Bertz CT molecular complexity index is 632. The van der Waals surface area contributed by atoms with Crippen molar-refractivity contribution in [1.29, 1.82) is 0 Å². The second-order valence-corrected chi connectivity index (χ2v) is 4.29. The molecule has 0 aliphatic carbocycles. The molecule has 0 aliphatic rings. The quantitative estimate of drug-likeness (QED) is 0.541. The number of aromatic nitrogens is 3. The van der Waals surface area contributed by atoms with Crippen molar-refractivity contribution < 1.29 is 4.42 Å². The van der Waals surface area contributed by atoms with Gasteiger partial charge >= 0.3 is 0 Å². The number of benzene rings is 1. The monoisotopic (exact) mass is 249 g/mol. The summed E-state index contributed by atoms with van der Waals surface area (Å²) in [6, 6.07) is 7.97. The highest BCUT2D eigenvalue weighted by Crippen LogP contribution is 2.29. The maximum absolute atomic E-state index is 5.43. The minimum Gasteiger partial charge on any atom is -0.411 e. The summed E-state index contributed by atoms with van der Waals surface area (Å²) in [4.78, 5) is 3.16. The van der Waals surface area contributed by atoms with Gasteiger partial charge < -0.3 is 9.40 Å². The lowest BCUT2D eigenvalue weighted by Gasteiger charge is -1.91. The Balaban J connectivity index is 2.18. The highest BCUT2D eigenvalue weighted by molar-refractivity contribution is 8.68. The first kappa shape index (κ1) is 9.80. The molecule has 0 amide bonds. The third-order valence-corrected chi connectivity index (χ3v) is 3.09. The molecule has 6 heteroatoms. The van der Waals surface area contributed by atoms with Crippen LogP contribution in [0.15, 0.2) is 40.1 Å². The molecule has 0 aliphatic heterocycles. The second kappa shape index (κ2) is 3.88. The Hall–Kier alpha value is -1.40. The number of hydrogen-bond donors (Lipinski definition) is 2. The minimum atomic E-state index is 0.448. The van der Waals surface area contributed by atoms with Gasteiger partial charge in [0.05, 0.1) is 5.56 Å². The van der Waals surface area contributed by atoms with Crippen LogP contribution in [-0.4, -0.2) is 15.2 Å². The van der Waals surface area contributed by atoms with Crippen molar-refractivity contribution in [2.45, 2.75) is 5.22 Å². The van der Waals surface area contributed by atoms with Crippen molar-refractivity contribution >= 4 is 33.4 Å². The third kappa shape index (κ3) is 1.50. The molecule has 3 aromatic rings. The fraction of sp³-hybridized carbons (Fsp3) is 0. The number of nitrogens with one attached hydrogen (secondary N) is 1. The van der Waals surface area contributed by atoms with Gasteiger partial charge in [-0.05, 0) is 6.07 Å². The molecule has 1 N–H and O–H groups in total. The van der Waals surface area contributed by atoms with Crippen LogP contribution in [-0.2, 0) is 0 Å². The van der Waals surface area contributed by atoms with Crippen LogP contribution in [0, 0.1) is 0 Å². The van der Waals surface area contributed by atoms with E-state index >= 15 is 0 Å². The number of nitrogens with zero attached hydrogens (tertiary/aromatic N) is 2. The van der Waals surface area contributed by atoms with Crippen molar-refractivity contribution in [3.05, 3.63) is 30.5 Å². The van der Waals surface area contributed by atoms with Gasteiger partial charge in [0, 0.05) is 27.9 Å². The van der Waals surface area contributed by atoms with Crippen LogP contribution in [0.1, 0.15) is 0 Å². The Labute approximate surface area is 100 Å². The van der Waals surface area contributed by atoms with E-state index in [9.17, 15) is 0 Å². The SMILES string of the molecule is SSc1nnc(-c2c[nH]c3ccccc23)o1. The molecule has 1 aromatic carbocycles. The molecule has 0 fully saturated rings. The number of rotatable bonds is 2. The Kier molecular flexibility index (Phi) is 2.37. The van der Waals surface area contributed by atoms with Crippen LogP contribution in [0.4, 0.5) is 0 Å². The molecule has 2 aromatic heterocycles. The summed E-state index contributed by atoms with van der Waals surface area (Å²) in [7, 11) is 1.14. The number of fused-ring (bicyclic) bond motifs is 1. The zero-order valence-electron chi connectivity index (χ0n) is 8.04. The van der Waals surface area contributed by atoms with Crippen molar-refractivity contribution in [2.24, 2.45) is 0 Å². The largest absolute Gasteiger partial charge is 0.411 e. The van der Waals surface area contributed by atoms with Gasteiger partial charge in [0.25, 0.3) is 11.1 Å². The van der Waals surface area contributed by atoms with Gasteiger partial charge in [0.15, 0.2) is 0 Å². The summed E-state index contributed by atoms with van der Waals surface area (Å²) in [6.45, 7) is 0. The van der Waals surface area contributed by atoms with E-state index in [0.29, 0.717) is 11.1 Å². The zero-order chi connectivity index (χ0) is 11.0. The predicted molar refractivity (Wildman–Crippen MR) is 66.4 cm³/mol. The number of aromatic amines is 1. The zero-order valence-corrected chi connectivity index (χ0v) is 9.76. The molecular formula is C10H7N3OS2. The fourth-order valence-corrected chi connectivity index (χ4v) is 2.02. The van der Waals surface area contributed by atoms with Crippen LogP contribution in [0.25, 0.3) is 22.4 Å². The summed E-state index contributed by atoms with van der Waals surface area (Å²) in [5.74, 6) is 0.508. The molecule has 80 valence electrons. The number of H-pyrrole nitrogens is 1. The molecule has 0 atom stereocenters. The molecule has 16 heavy (non-hydrogen) atoms. The summed E-state index contributed by atoms with van der Waals surface area (Å²) in [6.07, 6.45) is 1.87. The number of thiol groups is 1. The Morgan fingerprint density at radius 2 is 2.12 bits per heavy atom. The summed E-state index contributed by atoms with van der Waals surface area (Å²) in [5, 5.41) is 9.35. The van der Waals surface area contributed by atoms with E-state index in [0.717, 1.165) is 27.3 Å². The molecule has 3 rings (SSSR count). The van der Waals surface area contributed by atoms with Crippen LogP contribution >= 0.6 is 22.5 Å². The molecule has 4 nitrogen and oxygen atoms in total. The van der Waals surface area contributed by atoms with E-state index in [4.69, 9.17) is 4.42 Å². The average molecular weight is 249 g/mol. The predicted octanol–water partition coefficient (Wildman–Crippen LogP) is 3.15. The van der Waals surface area contributed by atoms with Crippen molar-refractivity contribution in [3.63, 3.8) is 0 Å². The average Bonchev–Trinajstić information content (AvgIpc) is 2.94. The standard InChI is InChI=1S/C10H7N3OS2/c15-16-10-13-12-9(14-10)7-5-11-8-4-2-1-3-6(7)8/h1-5,11,15H. The Morgan fingerprint density at radius 1 is 1.25 bits per heavy atom. The van der Waals surface area contributed by atoms with Crippen LogP contribution in [0.3, 0.4) is 0 Å². The first-order valence-electron chi connectivity index (χ1n) is 4.60. The van der Waals surface area contributed by atoms with Crippen LogP contribution in [0.5, 0.6) is 0 Å². The van der Waals surface area contributed by atoms with Crippen LogP contribution in [0.2, 0.25) is 0 Å². The van der Waals surface area contributed by atoms with E-state index < -0.39 is 0 Å². The molecule has 0 saturated carbocycles. The van der Waals surface area contributed by atoms with E-state index in [-0.39, 0.29) is 0 Å². The van der Waals surface area contributed by atoms with Gasteiger partial charge in [-0.2, -0.15) is 0 Å². The van der Waals surface area contributed by atoms with Gasteiger partial charge in [0.2, 0.25) is 0 Å². The first-order valence-corrected chi connectivity index (χ1v) is 6.47. The van der Waals surface area contributed by atoms with E-state index in [1.807, 2.05) is 30.5 Å². The maximum Gasteiger partial charge on any atom is 0.287 e. The topological polar surface area (TPSA) is 54.7 Å². The van der Waals surface area contributed by atoms with Gasteiger partial charge in [-0.1, -0.05) is 18.2 Å². The molecule has 0 bridgehead atoms. The maximum atomic E-state index is 5.43. The molecule has 0 spiro atoms. The van der Waals surface area contributed by atoms with Crippen LogP contribution < -0.4 is 0 Å².